The highest BCUT2D eigenvalue weighted by molar-refractivity contribution is 5.89. The number of hydrogen-bond donors (Lipinski definition) is 2. The molecule has 1 rings (SSSR count). The standard InChI is InChI=1S/C16H24N2O3/c1-11(18-15(20)16(2,3)4)14(19)17-10-12-7-6-8-13(9-12)21-5/h6-9,11H,10H2,1-5H3,(H,17,19)(H,18,20). The van der Waals surface area contributed by atoms with E-state index in [4.69, 9.17) is 4.74 Å². The Hall–Kier alpha value is -2.04. The molecule has 0 bridgehead atoms. The van der Waals surface area contributed by atoms with E-state index in [1.807, 2.05) is 45.0 Å². The number of rotatable bonds is 5. The average molecular weight is 292 g/mol. The minimum absolute atomic E-state index is 0.147. The van der Waals surface area contributed by atoms with Crippen molar-refractivity contribution in [3.8, 4) is 5.75 Å². The molecule has 21 heavy (non-hydrogen) atoms. The third kappa shape index (κ3) is 5.45. The zero-order chi connectivity index (χ0) is 16.0. The molecule has 1 aromatic rings. The summed E-state index contributed by atoms with van der Waals surface area (Å²) >= 11 is 0. The van der Waals surface area contributed by atoms with Crippen LogP contribution in [-0.4, -0.2) is 25.0 Å². The summed E-state index contributed by atoms with van der Waals surface area (Å²) in [4.78, 5) is 23.8. The molecule has 0 aliphatic heterocycles. The second-order valence-electron chi connectivity index (χ2n) is 6.01. The molecule has 2 N–H and O–H groups in total. The molecule has 0 aliphatic carbocycles. The monoisotopic (exact) mass is 292 g/mol. The summed E-state index contributed by atoms with van der Waals surface area (Å²) in [6.45, 7) is 7.49. The number of carbonyl (C=O) groups excluding carboxylic acids is 2. The number of nitrogens with one attached hydrogen (secondary N) is 2. The van der Waals surface area contributed by atoms with Crippen molar-refractivity contribution in [1.29, 1.82) is 0 Å². The van der Waals surface area contributed by atoms with Crippen LogP contribution in [0.4, 0.5) is 0 Å². The highest BCUT2D eigenvalue weighted by atomic mass is 16.5. The zero-order valence-corrected chi connectivity index (χ0v) is 13.3. The van der Waals surface area contributed by atoms with Crippen LogP contribution in [0.15, 0.2) is 24.3 Å². The van der Waals surface area contributed by atoms with Crippen molar-refractivity contribution in [3.63, 3.8) is 0 Å². The third-order valence-electron chi connectivity index (χ3n) is 3.02. The van der Waals surface area contributed by atoms with E-state index in [0.29, 0.717) is 6.54 Å². The maximum Gasteiger partial charge on any atom is 0.242 e. The van der Waals surface area contributed by atoms with Crippen molar-refractivity contribution in [2.24, 2.45) is 5.41 Å². The predicted octanol–water partition coefficient (Wildman–Crippen LogP) is 1.86. The highest BCUT2D eigenvalue weighted by Gasteiger charge is 2.24. The number of hydrogen-bond acceptors (Lipinski definition) is 3. The van der Waals surface area contributed by atoms with E-state index in [-0.39, 0.29) is 11.8 Å². The van der Waals surface area contributed by atoms with E-state index in [1.54, 1.807) is 14.0 Å². The van der Waals surface area contributed by atoms with Gasteiger partial charge in [-0.1, -0.05) is 32.9 Å². The van der Waals surface area contributed by atoms with Crippen LogP contribution in [0.25, 0.3) is 0 Å². The van der Waals surface area contributed by atoms with Gasteiger partial charge in [-0.05, 0) is 24.6 Å². The maximum atomic E-state index is 12.0. The molecule has 0 aliphatic rings. The molecule has 1 unspecified atom stereocenters. The summed E-state index contributed by atoms with van der Waals surface area (Å²) < 4.78 is 5.13. The maximum absolute atomic E-state index is 12.0. The van der Waals surface area contributed by atoms with Crippen LogP contribution >= 0.6 is 0 Å². The minimum atomic E-state index is -0.567. The normalized spacial score (nSPS) is 12.4. The van der Waals surface area contributed by atoms with Gasteiger partial charge in [-0.2, -0.15) is 0 Å². The van der Waals surface area contributed by atoms with Crippen molar-refractivity contribution in [2.75, 3.05) is 7.11 Å². The second-order valence-corrected chi connectivity index (χ2v) is 6.01. The number of carbonyl (C=O) groups is 2. The molecular weight excluding hydrogens is 268 g/mol. The molecule has 0 heterocycles. The van der Waals surface area contributed by atoms with Gasteiger partial charge in [-0.25, -0.2) is 0 Å². The van der Waals surface area contributed by atoms with E-state index >= 15 is 0 Å². The molecule has 2 amide bonds. The Morgan fingerprint density at radius 1 is 1.29 bits per heavy atom. The molecule has 1 aromatic carbocycles. The van der Waals surface area contributed by atoms with Crippen LogP contribution in [0.5, 0.6) is 5.75 Å². The molecular formula is C16H24N2O3. The SMILES string of the molecule is COc1cccc(CNC(=O)C(C)NC(=O)C(C)(C)C)c1. The molecule has 5 heteroatoms. The Morgan fingerprint density at radius 2 is 1.95 bits per heavy atom. The van der Waals surface area contributed by atoms with E-state index in [0.717, 1.165) is 11.3 Å². The molecule has 0 radical (unpaired) electrons. The first-order chi connectivity index (χ1) is 9.74. The Kier molecular flexibility index (Phi) is 5.76. The Labute approximate surface area is 126 Å². The predicted molar refractivity (Wildman–Crippen MR) is 81.9 cm³/mol. The lowest BCUT2D eigenvalue weighted by Gasteiger charge is -2.21. The van der Waals surface area contributed by atoms with E-state index in [1.165, 1.54) is 0 Å². The van der Waals surface area contributed by atoms with Gasteiger partial charge >= 0.3 is 0 Å². The van der Waals surface area contributed by atoms with Crippen molar-refractivity contribution in [3.05, 3.63) is 29.8 Å². The smallest absolute Gasteiger partial charge is 0.242 e. The number of ether oxygens (including phenoxy) is 1. The summed E-state index contributed by atoms with van der Waals surface area (Å²) in [5.74, 6) is 0.387. The summed E-state index contributed by atoms with van der Waals surface area (Å²) in [7, 11) is 1.60. The van der Waals surface area contributed by atoms with Gasteiger partial charge in [0.2, 0.25) is 11.8 Å². The first kappa shape index (κ1) is 17.0. The Bertz CT molecular complexity index is 506. The van der Waals surface area contributed by atoms with Gasteiger partial charge in [0.05, 0.1) is 7.11 Å². The van der Waals surface area contributed by atoms with Gasteiger partial charge in [0, 0.05) is 12.0 Å². The molecule has 0 aromatic heterocycles. The first-order valence-electron chi connectivity index (χ1n) is 6.95. The van der Waals surface area contributed by atoms with Gasteiger partial charge in [-0.15, -0.1) is 0 Å². The molecule has 0 fully saturated rings. The topological polar surface area (TPSA) is 67.4 Å². The van der Waals surface area contributed by atoms with E-state index in [9.17, 15) is 9.59 Å². The number of benzene rings is 1. The van der Waals surface area contributed by atoms with E-state index in [2.05, 4.69) is 10.6 Å². The van der Waals surface area contributed by atoms with Gasteiger partial charge < -0.3 is 15.4 Å². The van der Waals surface area contributed by atoms with Gasteiger partial charge in [0.25, 0.3) is 0 Å². The second kappa shape index (κ2) is 7.11. The fourth-order valence-corrected chi connectivity index (χ4v) is 1.60. The van der Waals surface area contributed by atoms with Crippen molar-refractivity contribution >= 4 is 11.8 Å². The summed E-state index contributed by atoms with van der Waals surface area (Å²) in [5, 5.41) is 5.50. The Morgan fingerprint density at radius 3 is 2.52 bits per heavy atom. The lowest BCUT2D eigenvalue weighted by Crippen LogP contribution is -2.48. The largest absolute Gasteiger partial charge is 0.497 e. The fourth-order valence-electron chi connectivity index (χ4n) is 1.60. The van der Waals surface area contributed by atoms with Gasteiger partial charge in [-0.3, -0.25) is 9.59 Å². The van der Waals surface area contributed by atoms with Crippen molar-refractivity contribution in [1.82, 2.24) is 10.6 Å². The Balaban J connectivity index is 2.51. The lowest BCUT2D eigenvalue weighted by molar-refractivity contribution is -0.133. The number of amides is 2. The van der Waals surface area contributed by atoms with Crippen LogP contribution in [0.3, 0.4) is 0 Å². The number of methoxy groups -OCH3 is 1. The zero-order valence-electron chi connectivity index (χ0n) is 13.3. The minimum Gasteiger partial charge on any atom is -0.497 e. The van der Waals surface area contributed by atoms with Crippen LogP contribution in [0.2, 0.25) is 0 Å². The summed E-state index contributed by atoms with van der Waals surface area (Å²) in [6, 6.07) is 6.91. The van der Waals surface area contributed by atoms with Crippen LogP contribution in [-0.2, 0) is 16.1 Å². The first-order valence-corrected chi connectivity index (χ1v) is 6.95. The average Bonchev–Trinajstić information content (AvgIpc) is 2.43. The fraction of sp³-hybridized carbons (Fsp3) is 0.500. The quantitative estimate of drug-likeness (QED) is 0.870. The van der Waals surface area contributed by atoms with Crippen molar-refractivity contribution < 1.29 is 14.3 Å². The molecule has 0 spiro atoms. The van der Waals surface area contributed by atoms with Crippen molar-refractivity contribution in [2.45, 2.75) is 40.3 Å². The summed E-state index contributed by atoms with van der Waals surface area (Å²) in [6.07, 6.45) is 0. The highest BCUT2D eigenvalue weighted by Crippen LogP contribution is 2.13. The van der Waals surface area contributed by atoms with Gasteiger partial charge in [0.1, 0.15) is 11.8 Å². The molecule has 0 saturated carbocycles. The van der Waals surface area contributed by atoms with Crippen LogP contribution in [0.1, 0.15) is 33.3 Å². The van der Waals surface area contributed by atoms with Gasteiger partial charge in [0.15, 0.2) is 0 Å². The lowest BCUT2D eigenvalue weighted by atomic mass is 9.95. The molecule has 5 nitrogen and oxygen atoms in total. The molecule has 1 atom stereocenters. The summed E-state index contributed by atoms with van der Waals surface area (Å²) in [5.41, 5.74) is 0.429. The van der Waals surface area contributed by atoms with Crippen LogP contribution in [0, 0.1) is 5.41 Å². The van der Waals surface area contributed by atoms with Crippen LogP contribution < -0.4 is 15.4 Å². The molecule has 0 saturated heterocycles. The van der Waals surface area contributed by atoms with E-state index < -0.39 is 11.5 Å². The molecule has 116 valence electrons. The third-order valence-corrected chi connectivity index (χ3v) is 3.02.